The van der Waals surface area contributed by atoms with Gasteiger partial charge in [-0.2, -0.15) is 0 Å². The molecule has 0 saturated carbocycles. The van der Waals surface area contributed by atoms with Gasteiger partial charge in [0.2, 0.25) is 5.91 Å². The Morgan fingerprint density at radius 1 is 1.06 bits per heavy atom. The van der Waals surface area contributed by atoms with Crippen molar-refractivity contribution in [2.75, 3.05) is 78.7 Å². The third-order valence-corrected chi connectivity index (χ3v) is 6.35. The van der Waals surface area contributed by atoms with Gasteiger partial charge in [0.15, 0.2) is 5.96 Å². The van der Waals surface area contributed by atoms with Crippen LogP contribution in [0.2, 0.25) is 0 Å². The molecule has 1 unspecified atom stereocenters. The van der Waals surface area contributed by atoms with Crippen LogP contribution in [0.15, 0.2) is 27.8 Å². The molecule has 10 heteroatoms. The molecular formula is C23H38IN5O4. The van der Waals surface area contributed by atoms with Crippen LogP contribution in [0.25, 0.3) is 0 Å². The minimum Gasteiger partial charge on any atom is -0.469 e. The summed E-state index contributed by atoms with van der Waals surface area (Å²) < 4.78 is 16.7. The normalized spacial score (nSPS) is 22.7. The van der Waals surface area contributed by atoms with Gasteiger partial charge >= 0.3 is 0 Å². The van der Waals surface area contributed by atoms with Crippen molar-refractivity contribution in [2.45, 2.75) is 31.8 Å². The van der Waals surface area contributed by atoms with Crippen molar-refractivity contribution < 1.29 is 18.7 Å². The van der Waals surface area contributed by atoms with E-state index in [4.69, 9.17) is 18.9 Å². The summed E-state index contributed by atoms with van der Waals surface area (Å²) in [4.78, 5) is 24.0. The lowest BCUT2D eigenvalue weighted by atomic mass is 10.1. The van der Waals surface area contributed by atoms with Crippen molar-refractivity contribution in [3.63, 3.8) is 0 Å². The summed E-state index contributed by atoms with van der Waals surface area (Å²) in [6.45, 7) is 8.93. The van der Waals surface area contributed by atoms with Gasteiger partial charge in [-0.05, 0) is 31.4 Å². The molecule has 4 heterocycles. The lowest BCUT2D eigenvalue weighted by Gasteiger charge is -2.37. The third kappa shape index (κ3) is 8.41. The first-order valence-electron chi connectivity index (χ1n) is 12.0. The van der Waals surface area contributed by atoms with Gasteiger partial charge in [0.25, 0.3) is 0 Å². The molecule has 1 atom stereocenters. The van der Waals surface area contributed by atoms with E-state index in [1.165, 1.54) is 6.42 Å². The molecule has 0 radical (unpaired) electrons. The molecule has 4 rings (SSSR count). The Morgan fingerprint density at radius 3 is 2.58 bits per heavy atom. The second-order valence-electron chi connectivity index (χ2n) is 8.67. The monoisotopic (exact) mass is 575 g/mol. The van der Waals surface area contributed by atoms with Crippen LogP contribution >= 0.6 is 24.0 Å². The van der Waals surface area contributed by atoms with Crippen molar-refractivity contribution in [3.05, 3.63) is 24.2 Å². The lowest BCUT2D eigenvalue weighted by Crippen LogP contribution is -2.55. The third-order valence-electron chi connectivity index (χ3n) is 6.35. The summed E-state index contributed by atoms with van der Waals surface area (Å²) in [6, 6.07) is 3.92. The Kier molecular flexibility index (Phi) is 11.2. The predicted octanol–water partition coefficient (Wildman–Crippen LogP) is 1.43. The average Bonchev–Trinajstić information content (AvgIpc) is 3.37. The molecule has 186 valence electrons. The van der Waals surface area contributed by atoms with Crippen LogP contribution < -0.4 is 5.32 Å². The van der Waals surface area contributed by atoms with E-state index in [1.54, 1.807) is 6.26 Å². The number of aliphatic imine (C=N–C) groups is 1. The summed E-state index contributed by atoms with van der Waals surface area (Å²) in [5.74, 6) is 2.12. The van der Waals surface area contributed by atoms with E-state index < -0.39 is 0 Å². The molecule has 0 spiro atoms. The Morgan fingerprint density at radius 2 is 1.88 bits per heavy atom. The Hall–Kier alpha value is -1.37. The fourth-order valence-corrected chi connectivity index (χ4v) is 4.38. The van der Waals surface area contributed by atoms with E-state index in [0.29, 0.717) is 39.4 Å². The molecule has 3 fully saturated rings. The quantitative estimate of drug-likeness (QED) is 0.300. The fourth-order valence-electron chi connectivity index (χ4n) is 4.38. The maximum Gasteiger partial charge on any atom is 0.236 e. The van der Waals surface area contributed by atoms with Gasteiger partial charge < -0.3 is 29.0 Å². The van der Waals surface area contributed by atoms with Gasteiger partial charge in [0.05, 0.1) is 38.7 Å². The molecule has 3 aliphatic rings. The SMILES string of the molecule is I.O=C(CN1CCN(C(=NCC2CCCCO2)NCCc2ccco2)CC1)N1CCOCC1. The van der Waals surface area contributed by atoms with Crippen molar-refractivity contribution in [1.29, 1.82) is 0 Å². The smallest absolute Gasteiger partial charge is 0.236 e. The van der Waals surface area contributed by atoms with E-state index in [9.17, 15) is 4.79 Å². The van der Waals surface area contributed by atoms with Crippen LogP contribution in [-0.4, -0.2) is 111 Å². The van der Waals surface area contributed by atoms with Crippen LogP contribution in [0.5, 0.6) is 0 Å². The van der Waals surface area contributed by atoms with Crippen LogP contribution in [0.3, 0.4) is 0 Å². The van der Waals surface area contributed by atoms with E-state index in [2.05, 4.69) is 15.1 Å². The van der Waals surface area contributed by atoms with Gasteiger partial charge in [-0.15, -0.1) is 24.0 Å². The van der Waals surface area contributed by atoms with E-state index >= 15 is 0 Å². The van der Waals surface area contributed by atoms with Gasteiger partial charge in [-0.3, -0.25) is 14.7 Å². The molecule has 1 N–H and O–H groups in total. The molecule has 9 nitrogen and oxygen atoms in total. The molecule has 3 saturated heterocycles. The van der Waals surface area contributed by atoms with E-state index in [1.807, 2.05) is 17.0 Å². The Bertz CT molecular complexity index is 712. The summed E-state index contributed by atoms with van der Waals surface area (Å²) in [6.07, 6.45) is 6.21. The topological polar surface area (TPSA) is 82.8 Å². The zero-order valence-corrected chi connectivity index (χ0v) is 21.8. The average molecular weight is 575 g/mol. The number of amides is 1. The standard InChI is InChI=1S/C23H37N5O4.HI/c29-22(27-12-16-30-17-13-27)19-26-8-10-28(11-9-26)23(24-7-6-20-5-3-15-31-20)25-18-21-4-1-2-14-32-21;/h3,5,15,21H,1-2,4,6-14,16-19H2,(H,24,25);1H. The summed E-state index contributed by atoms with van der Waals surface area (Å²) in [7, 11) is 0. The molecule has 0 aliphatic carbocycles. The highest BCUT2D eigenvalue weighted by atomic mass is 127. The number of hydrogen-bond acceptors (Lipinski definition) is 6. The zero-order valence-electron chi connectivity index (χ0n) is 19.5. The molecule has 1 aromatic heterocycles. The Labute approximate surface area is 213 Å². The maximum atomic E-state index is 12.6. The number of morpholine rings is 1. The second kappa shape index (κ2) is 14.1. The highest BCUT2D eigenvalue weighted by Crippen LogP contribution is 2.13. The number of halogens is 1. The lowest BCUT2D eigenvalue weighted by molar-refractivity contribution is -0.136. The number of ether oxygens (including phenoxy) is 2. The number of nitrogens with zero attached hydrogens (tertiary/aromatic N) is 4. The van der Waals surface area contributed by atoms with Crippen molar-refractivity contribution in [1.82, 2.24) is 20.0 Å². The Balaban J connectivity index is 0.00000306. The molecule has 3 aliphatic heterocycles. The van der Waals surface area contributed by atoms with Crippen LogP contribution in [0.1, 0.15) is 25.0 Å². The predicted molar refractivity (Wildman–Crippen MR) is 137 cm³/mol. The number of guanidine groups is 1. The maximum absolute atomic E-state index is 12.6. The molecule has 33 heavy (non-hydrogen) atoms. The van der Waals surface area contributed by atoms with Gasteiger partial charge in [-0.25, -0.2) is 0 Å². The molecular weight excluding hydrogens is 537 g/mol. The van der Waals surface area contributed by atoms with Crippen molar-refractivity contribution >= 4 is 35.8 Å². The summed E-state index contributed by atoms with van der Waals surface area (Å²) in [5, 5.41) is 3.53. The minimum absolute atomic E-state index is 0. The van der Waals surface area contributed by atoms with E-state index in [0.717, 1.165) is 70.3 Å². The highest BCUT2D eigenvalue weighted by molar-refractivity contribution is 14.0. The number of carbonyl (C=O) groups is 1. The van der Waals surface area contributed by atoms with Gasteiger partial charge in [-0.1, -0.05) is 0 Å². The minimum atomic E-state index is 0. The van der Waals surface area contributed by atoms with Crippen molar-refractivity contribution in [2.24, 2.45) is 4.99 Å². The zero-order chi connectivity index (χ0) is 22.0. The second-order valence-corrected chi connectivity index (χ2v) is 8.67. The summed E-state index contributed by atoms with van der Waals surface area (Å²) in [5.41, 5.74) is 0. The number of nitrogens with one attached hydrogen (secondary N) is 1. The number of rotatable bonds is 7. The fraction of sp³-hybridized carbons (Fsp3) is 0.739. The highest BCUT2D eigenvalue weighted by Gasteiger charge is 2.24. The van der Waals surface area contributed by atoms with Crippen LogP contribution in [-0.2, 0) is 20.7 Å². The number of piperazine rings is 1. The van der Waals surface area contributed by atoms with Crippen molar-refractivity contribution in [3.8, 4) is 0 Å². The number of hydrogen-bond donors (Lipinski definition) is 1. The van der Waals surface area contributed by atoms with Gasteiger partial charge in [0.1, 0.15) is 5.76 Å². The first-order valence-corrected chi connectivity index (χ1v) is 12.0. The molecule has 1 amide bonds. The van der Waals surface area contributed by atoms with Gasteiger partial charge in [0, 0.05) is 58.8 Å². The summed E-state index contributed by atoms with van der Waals surface area (Å²) >= 11 is 0. The number of carbonyl (C=O) groups excluding carboxylic acids is 1. The van der Waals surface area contributed by atoms with E-state index in [-0.39, 0.29) is 36.0 Å². The first-order chi connectivity index (χ1) is 15.8. The molecule has 1 aromatic rings. The van der Waals surface area contributed by atoms with Crippen LogP contribution in [0, 0.1) is 0 Å². The number of furan rings is 1. The molecule has 0 aromatic carbocycles. The first kappa shape index (κ1) is 26.2. The largest absolute Gasteiger partial charge is 0.469 e. The molecule has 0 bridgehead atoms. The van der Waals surface area contributed by atoms with Crippen LogP contribution in [0.4, 0.5) is 0 Å².